The van der Waals surface area contributed by atoms with Gasteiger partial charge in [0.25, 0.3) is 12.3 Å². The fraction of sp³-hybridized carbons (Fsp3) is 0.500. The molecule has 1 fully saturated rings. The second kappa shape index (κ2) is 11.3. The van der Waals surface area contributed by atoms with Crippen molar-refractivity contribution in [2.45, 2.75) is 45.1 Å². The maximum Gasteiger partial charge on any atom is 0.264 e. The van der Waals surface area contributed by atoms with Crippen molar-refractivity contribution in [2.24, 2.45) is 0 Å². The molecule has 2 aromatic rings. The molecule has 1 N–H and O–H groups in total. The Bertz CT molecular complexity index is 1070. The van der Waals surface area contributed by atoms with Gasteiger partial charge >= 0.3 is 0 Å². The maximum absolute atomic E-state index is 14.4. The molecule has 192 valence electrons. The third-order valence-corrected chi connectivity index (χ3v) is 8.39. The minimum absolute atomic E-state index is 0.0618. The molecule has 1 aliphatic rings. The predicted molar refractivity (Wildman–Crippen MR) is 139 cm³/mol. The highest BCUT2D eigenvalue weighted by Crippen LogP contribution is 2.34. The number of amides is 1. The van der Waals surface area contributed by atoms with E-state index in [1.165, 1.54) is 12.1 Å². The minimum Gasteiger partial charge on any atom is -0.478 e. The zero-order valence-electron chi connectivity index (χ0n) is 20.7. The average Bonchev–Trinajstić information content (AvgIpc) is 2.77. The van der Waals surface area contributed by atoms with Crippen LogP contribution in [0.15, 0.2) is 28.9 Å². The topological polar surface area (TPSA) is 57.7 Å². The highest BCUT2D eigenvalue weighted by Gasteiger charge is 2.26. The molecule has 0 bridgehead atoms. The van der Waals surface area contributed by atoms with E-state index in [1.807, 2.05) is 11.9 Å². The number of anilines is 2. The number of carbonyl (C=O) groups is 1. The first kappa shape index (κ1) is 27.5. The molecule has 0 unspecified atom stereocenters. The zero-order valence-corrected chi connectivity index (χ0v) is 23.3. The van der Waals surface area contributed by atoms with Gasteiger partial charge in [0.05, 0.1) is 28.0 Å². The molecule has 0 spiro atoms. The second-order valence-corrected chi connectivity index (χ2v) is 16.6. The largest absolute Gasteiger partial charge is 0.478 e. The van der Waals surface area contributed by atoms with Crippen molar-refractivity contribution in [1.29, 1.82) is 0 Å². The fourth-order valence-corrected chi connectivity index (χ4v) is 4.77. The van der Waals surface area contributed by atoms with Gasteiger partial charge in [0.1, 0.15) is 5.82 Å². The van der Waals surface area contributed by atoms with Crippen LogP contribution in [0.2, 0.25) is 25.7 Å². The van der Waals surface area contributed by atoms with Crippen LogP contribution in [0.25, 0.3) is 0 Å². The highest BCUT2D eigenvalue weighted by molar-refractivity contribution is 9.10. The second-order valence-electron chi connectivity index (χ2n) is 10.1. The van der Waals surface area contributed by atoms with E-state index in [1.54, 1.807) is 0 Å². The Morgan fingerprint density at radius 2 is 2.00 bits per heavy atom. The van der Waals surface area contributed by atoms with Crippen LogP contribution < -0.4 is 15.0 Å². The molecule has 3 rings (SSSR count). The molecule has 11 heteroatoms. The molecule has 1 amide bonds. The van der Waals surface area contributed by atoms with Crippen molar-refractivity contribution in [3.05, 3.63) is 45.8 Å². The summed E-state index contributed by atoms with van der Waals surface area (Å²) >= 11 is 3.16. The molecular formula is C24H32BrF3N4O2Si. The molecule has 1 saturated heterocycles. The number of likely N-dealkylation sites (N-methyl/N-ethyl adjacent to an activating group) is 1. The monoisotopic (exact) mass is 572 g/mol. The summed E-state index contributed by atoms with van der Waals surface area (Å²) in [6.07, 6.45) is -1.78. The van der Waals surface area contributed by atoms with E-state index in [2.05, 4.69) is 57.7 Å². The molecule has 0 aliphatic carbocycles. The number of hydrogen-bond acceptors (Lipinski definition) is 5. The average molecular weight is 574 g/mol. The van der Waals surface area contributed by atoms with Crippen molar-refractivity contribution in [1.82, 2.24) is 9.88 Å². The molecule has 0 saturated carbocycles. The van der Waals surface area contributed by atoms with Crippen LogP contribution in [-0.2, 0) is 0 Å². The summed E-state index contributed by atoms with van der Waals surface area (Å²) in [6.45, 7) is 11.0. The van der Waals surface area contributed by atoms with E-state index in [0.29, 0.717) is 31.1 Å². The van der Waals surface area contributed by atoms with Crippen LogP contribution in [0.1, 0.15) is 29.3 Å². The van der Waals surface area contributed by atoms with Crippen LogP contribution in [0.5, 0.6) is 5.88 Å². The summed E-state index contributed by atoms with van der Waals surface area (Å²) < 4.78 is 47.9. The highest BCUT2D eigenvalue weighted by atomic mass is 79.9. The van der Waals surface area contributed by atoms with E-state index < -0.39 is 31.8 Å². The molecule has 6 nitrogen and oxygen atoms in total. The summed E-state index contributed by atoms with van der Waals surface area (Å²) in [4.78, 5) is 21.3. The van der Waals surface area contributed by atoms with Gasteiger partial charge in [-0.25, -0.2) is 18.2 Å². The molecule has 35 heavy (non-hydrogen) atoms. The third-order valence-electron chi connectivity index (χ3n) is 6.08. The standard InChI is InChI=1S/C24H32BrF3N4O2Si/c1-15-14-32(7-6-31(15)2)21-12-19(26)18(25)11-20(21)30-24(33)17-13-29-22(10-16(17)23(27)28)34-8-9-35(3,4)5/h10-13,15,23H,6-9,14H2,1-5H3,(H,30,33)/t15-/m0/s1. The number of rotatable bonds is 8. The summed E-state index contributed by atoms with van der Waals surface area (Å²) in [6, 6.07) is 5.00. The van der Waals surface area contributed by atoms with E-state index in [0.717, 1.165) is 24.9 Å². The van der Waals surface area contributed by atoms with Crippen molar-refractivity contribution in [3.63, 3.8) is 0 Å². The molecule has 0 radical (unpaired) electrons. The Labute approximate surface area is 214 Å². The number of piperazine rings is 1. The molecule has 1 aromatic heterocycles. The van der Waals surface area contributed by atoms with Gasteiger partial charge in [-0.05, 0) is 42.0 Å². The smallest absolute Gasteiger partial charge is 0.264 e. The van der Waals surface area contributed by atoms with Crippen molar-refractivity contribution < 1.29 is 22.7 Å². The Balaban J connectivity index is 1.85. The number of nitrogens with zero attached hydrogens (tertiary/aromatic N) is 3. The van der Waals surface area contributed by atoms with E-state index in [-0.39, 0.29) is 22.0 Å². The fourth-order valence-electron chi connectivity index (χ4n) is 3.72. The van der Waals surface area contributed by atoms with Crippen LogP contribution in [0, 0.1) is 5.82 Å². The van der Waals surface area contributed by atoms with E-state index in [9.17, 15) is 18.0 Å². The van der Waals surface area contributed by atoms with Gasteiger partial charge < -0.3 is 19.9 Å². The van der Waals surface area contributed by atoms with Crippen LogP contribution >= 0.6 is 15.9 Å². The van der Waals surface area contributed by atoms with E-state index >= 15 is 0 Å². The molecule has 1 aromatic carbocycles. The van der Waals surface area contributed by atoms with Gasteiger partial charge in [-0.3, -0.25) is 4.79 Å². The number of aromatic nitrogens is 1. The first-order valence-electron chi connectivity index (χ1n) is 11.5. The number of benzene rings is 1. The van der Waals surface area contributed by atoms with Crippen LogP contribution in [0.3, 0.4) is 0 Å². The number of carbonyl (C=O) groups excluding carboxylic acids is 1. The van der Waals surface area contributed by atoms with Crippen LogP contribution in [-0.4, -0.2) is 63.2 Å². The SMILES string of the molecule is C[C@H]1CN(c2cc(F)c(Br)cc2NC(=O)c2cnc(OCC[Si](C)(C)C)cc2C(F)F)CCN1C. The first-order chi connectivity index (χ1) is 16.4. The number of hydrogen-bond donors (Lipinski definition) is 1. The van der Waals surface area contributed by atoms with Crippen molar-refractivity contribution in [3.8, 4) is 5.88 Å². The molecule has 1 atom stereocenters. The Hall–Kier alpha value is -2.11. The lowest BCUT2D eigenvalue weighted by Gasteiger charge is -2.39. The van der Waals surface area contributed by atoms with Crippen LogP contribution in [0.4, 0.5) is 24.5 Å². The predicted octanol–water partition coefficient (Wildman–Crippen LogP) is 6.03. The van der Waals surface area contributed by atoms with Gasteiger partial charge in [0.2, 0.25) is 5.88 Å². The number of ether oxygens (including phenoxy) is 1. The number of nitrogens with one attached hydrogen (secondary N) is 1. The van der Waals surface area contributed by atoms with Gasteiger partial charge in [0, 0.05) is 57.6 Å². The minimum atomic E-state index is -2.89. The lowest BCUT2D eigenvalue weighted by atomic mass is 10.1. The lowest BCUT2D eigenvalue weighted by molar-refractivity contribution is 0.101. The Kier molecular flexibility index (Phi) is 8.87. The van der Waals surface area contributed by atoms with Gasteiger partial charge in [-0.2, -0.15) is 0 Å². The molecule has 1 aliphatic heterocycles. The van der Waals surface area contributed by atoms with Gasteiger partial charge in [-0.1, -0.05) is 19.6 Å². The van der Waals surface area contributed by atoms with Crippen molar-refractivity contribution >= 4 is 41.3 Å². The summed E-state index contributed by atoms with van der Waals surface area (Å²) in [7, 11) is 0.660. The zero-order chi connectivity index (χ0) is 25.9. The third kappa shape index (κ3) is 7.20. The van der Waals surface area contributed by atoms with Gasteiger partial charge in [0.15, 0.2) is 0 Å². The van der Waals surface area contributed by atoms with Gasteiger partial charge in [-0.15, -0.1) is 0 Å². The summed E-state index contributed by atoms with van der Waals surface area (Å²) in [5, 5.41) is 2.70. The Morgan fingerprint density at radius 1 is 1.29 bits per heavy atom. The summed E-state index contributed by atoms with van der Waals surface area (Å²) in [5.74, 6) is -1.16. The number of halogens is 4. The number of pyridine rings is 1. The molecule has 2 heterocycles. The summed E-state index contributed by atoms with van der Waals surface area (Å²) in [5.41, 5.74) is 0.111. The lowest BCUT2D eigenvalue weighted by Crippen LogP contribution is -2.50. The van der Waals surface area contributed by atoms with Crippen molar-refractivity contribution in [2.75, 3.05) is 43.5 Å². The van der Waals surface area contributed by atoms with E-state index in [4.69, 9.17) is 4.74 Å². The first-order valence-corrected chi connectivity index (χ1v) is 16.0. The molecular weight excluding hydrogens is 541 g/mol. The number of alkyl halides is 2. The maximum atomic E-state index is 14.4. The normalized spacial score (nSPS) is 17.1. The quantitative estimate of drug-likeness (QED) is 0.391. The Morgan fingerprint density at radius 3 is 2.63 bits per heavy atom.